The maximum Gasteiger partial charge on any atom is 0.418 e. The first-order valence-corrected chi connectivity index (χ1v) is 5.92. The molecule has 0 amide bonds. The second kappa shape index (κ2) is 4.33. The highest BCUT2D eigenvalue weighted by Gasteiger charge is 2.18. The van der Waals surface area contributed by atoms with Crippen LogP contribution in [0.1, 0.15) is 26.5 Å². The summed E-state index contributed by atoms with van der Waals surface area (Å²) in [6.07, 6.45) is 1.41. The van der Waals surface area contributed by atoms with Gasteiger partial charge >= 0.3 is 6.09 Å². The van der Waals surface area contributed by atoms with E-state index in [0.29, 0.717) is 0 Å². The third-order valence-electron chi connectivity index (χ3n) is 1.56. The van der Waals surface area contributed by atoms with Crippen molar-refractivity contribution >= 4 is 28.7 Å². The van der Waals surface area contributed by atoms with Gasteiger partial charge < -0.3 is 4.74 Å². The van der Waals surface area contributed by atoms with E-state index >= 15 is 0 Å². The zero-order chi connectivity index (χ0) is 10.8. The Kier molecular flexibility index (Phi) is 3.58. The van der Waals surface area contributed by atoms with E-state index in [1.807, 2.05) is 32.9 Å². The van der Waals surface area contributed by atoms with E-state index < -0.39 is 5.60 Å². The van der Waals surface area contributed by atoms with Crippen LogP contribution in [-0.2, 0) is 9.16 Å². The summed E-state index contributed by atoms with van der Waals surface area (Å²) >= 11 is 2.22. The highest BCUT2D eigenvalue weighted by molar-refractivity contribution is 14.1. The average molecular weight is 307 g/mol. The van der Waals surface area contributed by atoms with Crippen molar-refractivity contribution in [1.29, 1.82) is 0 Å². The lowest BCUT2D eigenvalue weighted by molar-refractivity contribution is 0.0534. The lowest BCUT2D eigenvalue weighted by Gasteiger charge is -2.20. The second-order valence-electron chi connectivity index (χ2n) is 3.98. The van der Waals surface area contributed by atoms with Gasteiger partial charge in [0.2, 0.25) is 0 Å². The predicted molar refractivity (Wildman–Crippen MR) is 63.8 cm³/mol. The largest absolute Gasteiger partial charge is 0.443 e. The number of ether oxygens (including phenoxy) is 1. The third kappa shape index (κ3) is 3.01. The molecule has 0 fully saturated rings. The quantitative estimate of drug-likeness (QED) is 0.589. The molecule has 0 bridgehead atoms. The van der Waals surface area contributed by atoms with Crippen LogP contribution >= 0.6 is 22.6 Å². The second-order valence-corrected chi connectivity index (χ2v) is 4.75. The van der Waals surface area contributed by atoms with Crippen LogP contribution in [0.15, 0.2) is 18.3 Å². The first-order chi connectivity index (χ1) is 6.44. The van der Waals surface area contributed by atoms with Gasteiger partial charge in [-0.05, 0) is 32.9 Å². The molecule has 0 saturated carbocycles. The Labute approximate surface area is 97.6 Å². The van der Waals surface area contributed by atoms with E-state index in [-0.39, 0.29) is 6.09 Å². The Morgan fingerprint density at radius 2 is 2.21 bits per heavy atom. The Balaban J connectivity index is 2.80. The zero-order valence-electron chi connectivity index (χ0n) is 8.58. The summed E-state index contributed by atoms with van der Waals surface area (Å²) in [7, 11) is 0. The van der Waals surface area contributed by atoms with Crippen LogP contribution in [0.5, 0.6) is 0 Å². The average Bonchev–Trinajstić information content (AvgIpc) is 2.47. The Morgan fingerprint density at radius 3 is 2.71 bits per heavy atom. The number of aromatic nitrogens is 1. The molecular formula is C10H14INO2. The molecule has 3 nitrogen and oxygen atoms in total. The number of carbonyl (C=O) groups is 1. The lowest BCUT2D eigenvalue weighted by Crippen LogP contribution is -2.27. The van der Waals surface area contributed by atoms with Crippen molar-refractivity contribution < 1.29 is 9.53 Å². The molecule has 0 aliphatic carbocycles. The summed E-state index contributed by atoms with van der Waals surface area (Å²) in [4.78, 5) is 11.6. The van der Waals surface area contributed by atoms with E-state index in [0.717, 1.165) is 10.1 Å². The molecule has 0 aromatic carbocycles. The van der Waals surface area contributed by atoms with Gasteiger partial charge in [-0.15, -0.1) is 0 Å². The maximum absolute atomic E-state index is 11.6. The van der Waals surface area contributed by atoms with E-state index in [9.17, 15) is 4.79 Å². The van der Waals surface area contributed by atoms with Crippen molar-refractivity contribution in [2.45, 2.75) is 30.8 Å². The van der Waals surface area contributed by atoms with Crippen molar-refractivity contribution in [1.82, 2.24) is 4.57 Å². The van der Waals surface area contributed by atoms with Gasteiger partial charge in [0.1, 0.15) is 5.60 Å². The zero-order valence-corrected chi connectivity index (χ0v) is 10.7. The van der Waals surface area contributed by atoms with Crippen LogP contribution in [0.3, 0.4) is 0 Å². The van der Waals surface area contributed by atoms with Gasteiger partial charge in [0.25, 0.3) is 0 Å². The standard InChI is InChI=1S/C10H14INO2/c1-10(2,3)14-9(13)12-6-4-5-8(12)7-11/h4-6H,7H2,1-3H3. The molecule has 0 aliphatic heterocycles. The molecule has 0 unspecified atom stereocenters. The molecule has 0 aliphatic rings. The van der Waals surface area contributed by atoms with Crippen LogP contribution in [-0.4, -0.2) is 16.3 Å². The number of carbonyl (C=O) groups excluding carboxylic acids is 1. The summed E-state index contributed by atoms with van der Waals surface area (Å²) in [6.45, 7) is 5.58. The fraction of sp³-hybridized carbons (Fsp3) is 0.500. The summed E-state index contributed by atoms with van der Waals surface area (Å²) in [6, 6.07) is 3.76. The summed E-state index contributed by atoms with van der Waals surface area (Å²) < 4.78 is 7.58. The van der Waals surface area contributed by atoms with E-state index in [4.69, 9.17) is 4.74 Å². The number of hydrogen-bond acceptors (Lipinski definition) is 2. The summed E-state index contributed by atoms with van der Waals surface area (Å²) in [5.41, 5.74) is 0.518. The van der Waals surface area contributed by atoms with Gasteiger partial charge in [0.15, 0.2) is 0 Å². The highest BCUT2D eigenvalue weighted by Crippen LogP contribution is 2.12. The SMILES string of the molecule is CC(C)(C)OC(=O)n1cccc1CI. The minimum atomic E-state index is -0.441. The number of rotatable bonds is 1. The van der Waals surface area contributed by atoms with Crippen molar-refractivity contribution in [3.63, 3.8) is 0 Å². The van der Waals surface area contributed by atoms with Gasteiger partial charge in [0.05, 0.1) is 0 Å². The molecule has 1 aromatic heterocycles. The van der Waals surface area contributed by atoms with Crippen LogP contribution < -0.4 is 0 Å². The third-order valence-corrected chi connectivity index (χ3v) is 2.34. The van der Waals surface area contributed by atoms with Crippen molar-refractivity contribution in [2.24, 2.45) is 0 Å². The molecule has 0 spiro atoms. The minimum Gasteiger partial charge on any atom is -0.443 e. The van der Waals surface area contributed by atoms with Crippen LogP contribution in [0, 0.1) is 0 Å². The first-order valence-electron chi connectivity index (χ1n) is 4.39. The molecule has 0 radical (unpaired) electrons. The summed E-state index contributed by atoms with van der Waals surface area (Å²) in [5.74, 6) is 0. The molecule has 1 heterocycles. The van der Waals surface area contributed by atoms with Gasteiger partial charge in [-0.2, -0.15) is 0 Å². The molecule has 1 aromatic rings. The maximum atomic E-state index is 11.6. The van der Waals surface area contributed by atoms with E-state index in [1.54, 1.807) is 6.20 Å². The van der Waals surface area contributed by atoms with Crippen molar-refractivity contribution in [2.75, 3.05) is 0 Å². The first kappa shape index (κ1) is 11.6. The number of hydrogen-bond donors (Lipinski definition) is 0. The summed E-state index contributed by atoms with van der Waals surface area (Å²) in [5, 5.41) is 0. The predicted octanol–water partition coefficient (Wildman–Crippen LogP) is 3.21. The van der Waals surface area contributed by atoms with Crippen LogP contribution in [0.25, 0.3) is 0 Å². The Hall–Kier alpha value is -0.520. The molecule has 4 heteroatoms. The topological polar surface area (TPSA) is 31.2 Å². The van der Waals surface area contributed by atoms with Gasteiger partial charge in [-0.3, -0.25) is 4.57 Å². The van der Waals surface area contributed by atoms with Gasteiger partial charge in [-0.25, -0.2) is 4.79 Å². The van der Waals surface area contributed by atoms with Crippen molar-refractivity contribution in [3.8, 4) is 0 Å². The Morgan fingerprint density at radius 1 is 1.57 bits per heavy atom. The molecular weight excluding hydrogens is 293 g/mol. The minimum absolute atomic E-state index is 0.311. The van der Waals surface area contributed by atoms with Crippen LogP contribution in [0.4, 0.5) is 4.79 Å². The fourth-order valence-electron chi connectivity index (χ4n) is 1.01. The monoisotopic (exact) mass is 307 g/mol. The number of halogens is 1. The highest BCUT2D eigenvalue weighted by atomic mass is 127. The Bertz CT molecular complexity index is 325. The van der Waals surface area contributed by atoms with Gasteiger partial charge in [-0.1, -0.05) is 22.6 Å². The smallest absolute Gasteiger partial charge is 0.418 e. The fourth-order valence-corrected chi connectivity index (χ4v) is 1.64. The molecule has 0 saturated heterocycles. The molecule has 14 heavy (non-hydrogen) atoms. The number of alkyl halides is 1. The lowest BCUT2D eigenvalue weighted by atomic mass is 10.2. The molecule has 0 N–H and O–H groups in total. The number of nitrogens with zero attached hydrogens (tertiary/aromatic N) is 1. The van der Waals surface area contributed by atoms with Crippen LogP contribution in [0.2, 0.25) is 0 Å². The molecule has 0 atom stereocenters. The van der Waals surface area contributed by atoms with Gasteiger partial charge in [0, 0.05) is 16.3 Å². The van der Waals surface area contributed by atoms with E-state index in [2.05, 4.69) is 22.6 Å². The van der Waals surface area contributed by atoms with Crippen molar-refractivity contribution in [3.05, 3.63) is 24.0 Å². The normalized spacial score (nSPS) is 11.4. The van der Waals surface area contributed by atoms with E-state index in [1.165, 1.54) is 4.57 Å². The molecule has 1 rings (SSSR count). The molecule has 78 valence electrons.